The average Bonchev–Trinajstić information content (AvgIpc) is 2.48. The van der Waals surface area contributed by atoms with Gasteiger partial charge in [0.05, 0.1) is 17.7 Å². The van der Waals surface area contributed by atoms with Crippen molar-refractivity contribution in [2.24, 2.45) is 0 Å². The van der Waals surface area contributed by atoms with Crippen LogP contribution in [-0.4, -0.2) is 22.8 Å². The van der Waals surface area contributed by atoms with Gasteiger partial charge in [-0.3, -0.25) is 4.98 Å². The Balaban J connectivity index is 1.75. The number of para-hydroxylation sites is 1. The molecule has 1 aliphatic heterocycles. The van der Waals surface area contributed by atoms with Gasteiger partial charge in [-0.05, 0) is 37.0 Å². The number of hydrogen-bond acceptors (Lipinski definition) is 3. The van der Waals surface area contributed by atoms with Gasteiger partial charge >= 0.3 is 0 Å². The summed E-state index contributed by atoms with van der Waals surface area (Å²) in [5.41, 5.74) is 1.85. The molecule has 19 heavy (non-hydrogen) atoms. The summed E-state index contributed by atoms with van der Waals surface area (Å²) in [6.07, 6.45) is 5.54. The maximum atomic E-state index is 10.3. The fourth-order valence-corrected chi connectivity index (χ4v) is 2.65. The number of aromatic nitrogens is 1. The van der Waals surface area contributed by atoms with Crippen molar-refractivity contribution in [1.82, 2.24) is 4.98 Å². The Morgan fingerprint density at radius 1 is 1.32 bits per heavy atom. The highest BCUT2D eigenvalue weighted by Gasteiger charge is 2.19. The molecular formula is C16H19NO2. The van der Waals surface area contributed by atoms with Crippen molar-refractivity contribution < 1.29 is 9.84 Å². The summed E-state index contributed by atoms with van der Waals surface area (Å²) in [7, 11) is 0. The SMILES string of the molecule is OC(CC1CCCCO1)c1cnc2ccccc2c1. The van der Waals surface area contributed by atoms with Crippen LogP contribution in [0.4, 0.5) is 0 Å². The van der Waals surface area contributed by atoms with E-state index in [2.05, 4.69) is 4.98 Å². The second kappa shape index (κ2) is 5.68. The molecule has 0 spiro atoms. The van der Waals surface area contributed by atoms with Crippen molar-refractivity contribution in [3.63, 3.8) is 0 Å². The van der Waals surface area contributed by atoms with E-state index in [0.717, 1.165) is 35.9 Å². The number of ether oxygens (including phenoxy) is 1. The summed E-state index contributed by atoms with van der Waals surface area (Å²) in [4.78, 5) is 4.39. The molecule has 1 fully saturated rings. The van der Waals surface area contributed by atoms with Crippen molar-refractivity contribution in [2.45, 2.75) is 37.9 Å². The first-order valence-corrected chi connectivity index (χ1v) is 6.97. The van der Waals surface area contributed by atoms with Crippen LogP contribution in [0.2, 0.25) is 0 Å². The molecule has 0 saturated carbocycles. The molecule has 2 heterocycles. The van der Waals surface area contributed by atoms with Gasteiger partial charge in [0, 0.05) is 24.6 Å². The van der Waals surface area contributed by atoms with Gasteiger partial charge in [0.15, 0.2) is 0 Å². The Kier molecular flexibility index (Phi) is 3.76. The molecule has 3 rings (SSSR count). The smallest absolute Gasteiger partial charge is 0.0829 e. The Morgan fingerprint density at radius 2 is 2.21 bits per heavy atom. The third kappa shape index (κ3) is 2.94. The number of aliphatic hydroxyl groups excluding tert-OH is 1. The van der Waals surface area contributed by atoms with E-state index in [1.165, 1.54) is 6.42 Å². The Labute approximate surface area is 113 Å². The monoisotopic (exact) mass is 257 g/mol. The van der Waals surface area contributed by atoms with Crippen LogP contribution in [0.1, 0.15) is 37.4 Å². The maximum Gasteiger partial charge on any atom is 0.0829 e. The molecule has 3 heteroatoms. The first-order valence-electron chi connectivity index (χ1n) is 6.97. The summed E-state index contributed by atoms with van der Waals surface area (Å²) in [6.45, 7) is 0.827. The average molecular weight is 257 g/mol. The van der Waals surface area contributed by atoms with E-state index in [-0.39, 0.29) is 6.10 Å². The molecule has 1 aromatic carbocycles. The lowest BCUT2D eigenvalue weighted by molar-refractivity contribution is -0.0155. The Morgan fingerprint density at radius 3 is 3.05 bits per heavy atom. The van der Waals surface area contributed by atoms with E-state index in [0.29, 0.717) is 6.42 Å². The molecule has 0 radical (unpaired) electrons. The number of rotatable bonds is 3. The number of benzene rings is 1. The standard InChI is InChI=1S/C16H19NO2/c18-16(10-14-6-3-4-8-19-14)13-9-12-5-1-2-7-15(12)17-11-13/h1-2,5,7,9,11,14,16,18H,3-4,6,8,10H2. The summed E-state index contributed by atoms with van der Waals surface area (Å²) in [5, 5.41) is 11.4. The topological polar surface area (TPSA) is 42.4 Å². The first kappa shape index (κ1) is 12.6. The molecule has 1 aromatic heterocycles. The predicted molar refractivity (Wildman–Crippen MR) is 74.9 cm³/mol. The zero-order valence-corrected chi connectivity index (χ0v) is 11.0. The van der Waals surface area contributed by atoms with Crippen molar-refractivity contribution in [3.8, 4) is 0 Å². The maximum absolute atomic E-state index is 10.3. The lowest BCUT2D eigenvalue weighted by Gasteiger charge is -2.24. The van der Waals surface area contributed by atoms with Crippen LogP contribution in [0, 0.1) is 0 Å². The van der Waals surface area contributed by atoms with Crippen molar-refractivity contribution in [2.75, 3.05) is 6.61 Å². The fourth-order valence-electron chi connectivity index (χ4n) is 2.65. The molecule has 1 N–H and O–H groups in total. The highest BCUT2D eigenvalue weighted by molar-refractivity contribution is 5.78. The fraction of sp³-hybridized carbons (Fsp3) is 0.438. The number of aliphatic hydroxyl groups is 1. The second-order valence-electron chi connectivity index (χ2n) is 5.20. The van der Waals surface area contributed by atoms with E-state index in [1.54, 1.807) is 6.20 Å². The van der Waals surface area contributed by atoms with Crippen LogP contribution in [0.25, 0.3) is 10.9 Å². The van der Waals surface area contributed by atoms with Crippen LogP contribution in [-0.2, 0) is 4.74 Å². The highest BCUT2D eigenvalue weighted by atomic mass is 16.5. The zero-order chi connectivity index (χ0) is 13.1. The summed E-state index contributed by atoms with van der Waals surface area (Å²) < 4.78 is 5.68. The largest absolute Gasteiger partial charge is 0.388 e. The number of pyridine rings is 1. The predicted octanol–water partition coefficient (Wildman–Crippen LogP) is 3.23. The summed E-state index contributed by atoms with van der Waals surface area (Å²) in [6, 6.07) is 9.99. The van der Waals surface area contributed by atoms with Crippen LogP contribution in [0.5, 0.6) is 0 Å². The van der Waals surface area contributed by atoms with E-state index >= 15 is 0 Å². The summed E-state index contributed by atoms with van der Waals surface area (Å²) in [5.74, 6) is 0. The van der Waals surface area contributed by atoms with Gasteiger partial charge in [-0.2, -0.15) is 0 Å². The molecule has 2 aromatic rings. The Hall–Kier alpha value is -1.45. The number of nitrogens with zero attached hydrogens (tertiary/aromatic N) is 1. The molecule has 0 bridgehead atoms. The van der Waals surface area contributed by atoms with Gasteiger partial charge in [0.25, 0.3) is 0 Å². The molecule has 1 saturated heterocycles. The number of hydrogen-bond donors (Lipinski definition) is 1. The van der Waals surface area contributed by atoms with Gasteiger partial charge in [-0.15, -0.1) is 0 Å². The van der Waals surface area contributed by atoms with E-state index in [9.17, 15) is 5.11 Å². The van der Waals surface area contributed by atoms with Crippen LogP contribution < -0.4 is 0 Å². The lowest BCUT2D eigenvalue weighted by Crippen LogP contribution is -2.21. The van der Waals surface area contributed by atoms with E-state index in [4.69, 9.17) is 4.74 Å². The second-order valence-corrected chi connectivity index (χ2v) is 5.20. The van der Waals surface area contributed by atoms with Crippen LogP contribution >= 0.6 is 0 Å². The van der Waals surface area contributed by atoms with Gasteiger partial charge in [0.1, 0.15) is 0 Å². The molecule has 100 valence electrons. The minimum atomic E-state index is -0.486. The molecule has 3 nitrogen and oxygen atoms in total. The van der Waals surface area contributed by atoms with Crippen molar-refractivity contribution >= 4 is 10.9 Å². The normalized spacial score (nSPS) is 21.4. The molecular weight excluding hydrogens is 238 g/mol. The molecule has 0 aliphatic carbocycles. The quantitative estimate of drug-likeness (QED) is 0.918. The van der Waals surface area contributed by atoms with Crippen molar-refractivity contribution in [1.29, 1.82) is 0 Å². The van der Waals surface area contributed by atoms with Crippen LogP contribution in [0.15, 0.2) is 36.5 Å². The molecule has 2 unspecified atom stereocenters. The third-order valence-corrected chi connectivity index (χ3v) is 3.76. The Bertz CT molecular complexity index is 549. The minimum absolute atomic E-state index is 0.190. The number of fused-ring (bicyclic) bond motifs is 1. The molecule has 0 amide bonds. The van der Waals surface area contributed by atoms with Gasteiger partial charge in [-0.25, -0.2) is 0 Å². The summed E-state index contributed by atoms with van der Waals surface area (Å²) >= 11 is 0. The minimum Gasteiger partial charge on any atom is -0.388 e. The van der Waals surface area contributed by atoms with Gasteiger partial charge < -0.3 is 9.84 Å². The van der Waals surface area contributed by atoms with Gasteiger partial charge in [0.2, 0.25) is 0 Å². The molecule has 1 aliphatic rings. The highest BCUT2D eigenvalue weighted by Crippen LogP contribution is 2.26. The van der Waals surface area contributed by atoms with Gasteiger partial charge in [-0.1, -0.05) is 18.2 Å². The van der Waals surface area contributed by atoms with E-state index < -0.39 is 6.10 Å². The van der Waals surface area contributed by atoms with Crippen molar-refractivity contribution in [3.05, 3.63) is 42.1 Å². The lowest BCUT2D eigenvalue weighted by atomic mass is 9.99. The molecule has 2 atom stereocenters. The van der Waals surface area contributed by atoms with E-state index in [1.807, 2.05) is 30.3 Å². The zero-order valence-electron chi connectivity index (χ0n) is 11.0. The first-order chi connectivity index (χ1) is 9.33. The third-order valence-electron chi connectivity index (χ3n) is 3.76. The van der Waals surface area contributed by atoms with Crippen LogP contribution in [0.3, 0.4) is 0 Å².